The summed E-state index contributed by atoms with van der Waals surface area (Å²) >= 11 is 0. The molecule has 31 heavy (non-hydrogen) atoms. The molecule has 0 radical (unpaired) electrons. The van der Waals surface area contributed by atoms with Gasteiger partial charge in [0.15, 0.2) is 5.82 Å². The molecule has 1 N–H and O–H groups in total. The van der Waals surface area contributed by atoms with Crippen molar-refractivity contribution in [2.75, 3.05) is 5.32 Å². The van der Waals surface area contributed by atoms with Gasteiger partial charge in [-0.25, -0.2) is 4.79 Å². The average molecular weight is 415 g/mol. The summed E-state index contributed by atoms with van der Waals surface area (Å²) in [6.45, 7) is 2.07. The number of aromatic nitrogens is 4. The van der Waals surface area contributed by atoms with Crippen LogP contribution in [-0.2, 0) is 24.3 Å². The highest BCUT2D eigenvalue weighted by Crippen LogP contribution is 2.14. The zero-order chi connectivity index (χ0) is 21.8. The summed E-state index contributed by atoms with van der Waals surface area (Å²) in [7, 11) is 0. The van der Waals surface area contributed by atoms with Gasteiger partial charge < -0.3 is 9.88 Å². The Balaban J connectivity index is 1.61. The molecule has 0 bridgehead atoms. The number of carbonyl (C=O) groups excluding carboxylic acids is 1. The van der Waals surface area contributed by atoms with Gasteiger partial charge in [-0.05, 0) is 47.9 Å². The van der Waals surface area contributed by atoms with Crippen LogP contribution in [0, 0.1) is 0 Å². The van der Waals surface area contributed by atoms with Gasteiger partial charge >= 0.3 is 5.69 Å². The first-order chi connectivity index (χ1) is 15.0. The first-order valence-corrected chi connectivity index (χ1v) is 9.93. The summed E-state index contributed by atoms with van der Waals surface area (Å²) in [6.07, 6.45) is 5.76. The molecular weight excluding hydrogens is 394 g/mol. The molecule has 0 aliphatic carbocycles. The molecule has 0 fully saturated rings. The number of aryl methyl sites for hydroxylation is 1. The summed E-state index contributed by atoms with van der Waals surface area (Å²) in [5.41, 5.74) is 1.72. The fourth-order valence-corrected chi connectivity index (χ4v) is 3.34. The standard InChI is InChI=1S/C23H21N5O3/c1-2-16-7-9-18(10-8-16)25-20(29)15-27-12-4-6-19-21(27)26-23(31)28(22(19)30)14-17-5-3-11-24-13-17/h3-13H,2,14-15H2,1H3,(H,25,29). The Morgan fingerprint density at radius 1 is 1.03 bits per heavy atom. The number of nitrogens with zero attached hydrogens (tertiary/aromatic N) is 4. The molecule has 2 aromatic rings. The Morgan fingerprint density at radius 3 is 2.55 bits per heavy atom. The highest BCUT2D eigenvalue weighted by molar-refractivity contribution is 5.90. The van der Waals surface area contributed by atoms with Crippen molar-refractivity contribution in [2.45, 2.75) is 26.4 Å². The molecule has 2 aliphatic heterocycles. The number of carbonyl (C=O) groups is 1. The third-order valence-corrected chi connectivity index (χ3v) is 4.97. The maximum Gasteiger partial charge on any atom is 0.352 e. The maximum atomic E-state index is 12.9. The second kappa shape index (κ2) is 8.74. The lowest BCUT2D eigenvalue weighted by molar-refractivity contribution is -0.116. The minimum absolute atomic E-state index is 0.0780. The van der Waals surface area contributed by atoms with Gasteiger partial charge in [-0.2, -0.15) is 4.98 Å². The quantitative estimate of drug-likeness (QED) is 0.520. The number of nitrogens with one attached hydrogen (secondary N) is 1. The van der Waals surface area contributed by atoms with E-state index in [1.807, 2.05) is 24.3 Å². The second-order valence-corrected chi connectivity index (χ2v) is 7.12. The fraction of sp³-hybridized carbons (Fsp3) is 0.174. The van der Waals surface area contributed by atoms with Crippen LogP contribution in [0.15, 0.2) is 76.7 Å². The highest BCUT2D eigenvalue weighted by atomic mass is 16.2. The molecule has 0 unspecified atom stereocenters. The van der Waals surface area contributed by atoms with Crippen LogP contribution < -0.4 is 16.6 Å². The van der Waals surface area contributed by atoms with Crippen LogP contribution in [0.2, 0.25) is 0 Å². The Kier molecular flexibility index (Phi) is 5.70. The average Bonchev–Trinajstić information content (AvgIpc) is 2.78. The Bertz CT molecular complexity index is 1290. The Morgan fingerprint density at radius 2 is 1.84 bits per heavy atom. The van der Waals surface area contributed by atoms with Crippen LogP contribution in [-0.4, -0.2) is 25.0 Å². The van der Waals surface area contributed by atoms with Crippen LogP contribution in [0.4, 0.5) is 5.69 Å². The Labute approximate surface area is 178 Å². The second-order valence-electron chi connectivity index (χ2n) is 7.12. The van der Waals surface area contributed by atoms with Gasteiger partial charge in [-0.1, -0.05) is 25.1 Å². The largest absolute Gasteiger partial charge is 0.352 e. The molecule has 0 saturated heterocycles. The van der Waals surface area contributed by atoms with E-state index in [0.717, 1.165) is 16.6 Å². The number of fused-ring (bicyclic) bond motifs is 1. The molecule has 1 aromatic heterocycles. The molecule has 8 heteroatoms. The van der Waals surface area contributed by atoms with Gasteiger partial charge in [0.2, 0.25) is 5.91 Å². The van der Waals surface area contributed by atoms with Crippen molar-refractivity contribution in [3.05, 3.63) is 99.1 Å². The zero-order valence-corrected chi connectivity index (χ0v) is 17.0. The van der Waals surface area contributed by atoms with E-state index < -0.39 is 11.2 Å². The minimum Gasteiger partial charge on any atom is -0.325 e. The van der Waals surface area contributed by atoms with Crippen LogP contribution in [0.25, 0.3) is 11.4 Å². The number of pyridine rings is 2. The first-order valence-electron chi connectivity index (χ1n) is 9.93. The van der Waals surface area contributed by atoms with Crippen molar-refractivity contribution in [2.24, 2.45) is 0 Å². The molecule has 156 valence electrons. The SMILES string of the molecule is CCc1ccc(NC(=O)Cn2cccc3c(=O)n(Cc4cccnc4)c(=O)nc2-3)cc1. The van der Waals surface area contributed by atoms with Crippen molar-refractivity contribution in [1.29, 1.82) is 0 Å². The van der Waals surface area contributed by atoms with Crippen molar-refractivity contribution in [3.8, 4) is 11.4 Å². The number of anilines is 1. The summed E-state index contributed by atoms with van der Waals surface area (Å²) in [4.78, 5) is 46.1. The third-order valence-electron chi connectivity index (χ3n) is 4.97. The van der Waals surface area contributed by atoms with Crippen molar-refractivity contribution < 1.29 is 4.79 Å². The molecule has 3 heterocycles. The monoisotopic (exact) mass is 415 g/mol. The smallest absolute Gasteiger partial charge is 0.325 e. The van der Waals surface area contributed by atoms with Gasteiger partial charge in [0.25, 0.3) is 5.56 Å². The van der Waals surface area contributed by atoms with Crippen molar-refractivity contribution in [3.63, 3.8) is 0 Å². The third kappa shape index (κ3) is 4.42. The molecule has 1 aromatic carbocycles. The lowest BCUT2D eigenvalue weighted by Crippen LogP contribution is -2.38. The van der Waals surface area contributed by atoms with Crippen molar-refractivity contribution >= 4 is 11.6 Å². The predicted molar refractivity (Wildman–Crippen MR) is 117 cm³/mol. The summed E-state index contributed by atoms with van der Waals surface area (Å²) in [5.74, 6) is -0.105. The molecule has 8 nitrogen and oxygen atoms in total. The molecule has 0 spiro atoms. The number of hydrogen-bond donors (Lipinski definition) is 1. The minimum atomic E-state index is -0.670. The molecule has 4 rings (SSSR count). The van der Waals surface area contributed by atoms with Gasteiger partial charge in [0.05, 0.1) is 12.1 Å². The van der Waals surface area contributed by atoms with Gasteiger partial charge in [0.1, 0.15) is 6.54 Å². The van der Waals surface area contributed by atoms with Crippen LogP contribution in [0.3, 0.4) is 0 Å². The number of amides is 1. The molecule has 1 amide bonds. The number of hydrogen-bond acceptors (Lipinski definition) is 5. The van der Waals surface area contributed by atoms with E-state index in [2.05, 4.69) is 22.2 Å². The lowest BCUT2D eigenvalue weighted by atomic mass is 10.1. The van der Waals surface area contributed by atoms with E-state index >= 15 is 0 Å². The lowest BCUT2D eigenvalue weighted by Gasteiger charge is -2.15. The summed E-state index contributed by atoms with van der Waals surface area (Å²) in [6, 6.07) is 14.4. The molecule has 0 saturated carbocycles. The van der Waals surface area contributed by atoms with E-state index in [0.29, 0.717) is 5.69 Å². The van der Waals surface area contributed by atoms with Crippen LogP contribution in [0.1, 0.15) is 18.1 Å². The summed E-state index contributed by atoms with van der Waals surface area (Å²) in [5, 5.41) is 2.82. The van der Waals surface area contributed by atoms with E-state index in [4.69, 9.17) is 0 Å². The topological polar surface area (TPSA) is 98.9 Å². The van der Waals surface area contributed by atoms with E-state index in [1.54, 1.807) is 42.9 Å². The predicted octanol–water partition coefficient (Wildman–Crippen LogP) is 2.15. The van der Waals surface area contributed by atoms with Gasteiger partial charge in [-0.3, -0.25) is 19.1 Å². The Hall–Kier alpha value is -4.07. The fourth-order valence-electron chi connectivity index (χ4n) is 3.34. The highest BCUT2D eigenvalue weighted by Gasteiger charge is 2.18. The van der Waals surface area contributed by atoms with E-state index in [9.17, 15) is 14.4 Å². The maximum absolute atomic E-state index is 12.9. The van der Waals surface area contributed by atoms with Gasteiger partial charge in [0, 0.05) is 24.3 Å². The van der Waals surface area contributed by atoms with Crippen LogP contribution >= 0.6 is 0 Å². The molecular formula is C23H21N5O3. The van der Waals surface area contributed by atoms with E-state index in [-0.39, 0.29) is 30.4 Å². The normalized spacial score (nSPS) is 10.9. The van der Waals surface area contributed by atoms with Crippen LogP contribution in [0.5, 0.6) is 0 Å². The van der Waals surface area contributed by atoms with Crippen molar-refractivity contribution in [1.82, 2.24) is 19.1 Å². The molecule has 2 aliphatic rings. The van der Waals surface area contributed by atoms with Gasteiger partial charge in [-0.15, -0.1) is 0 Å². The molecule has 0 atom stereocenters. The van der Waals surface area contributed by atoms with E-state index in [1.165, 1.54) is 10.1 Å². The first kappa shape index (κ1) is 20.2. The number of benzene rings is 1. The summed E-state index contributed by atoms with van der Waals surface area (Å²) < 4.78 is 2.57. The number of rotatable bonds is 6. The zero-order valence-electron chi connectivity index (χ0n) is 17.0.